The van der Waals surface area contributed by atoms with Gasteiger partial charge in [0.15, 0.2) is 11.6 Å². The van der Waals surface area contributed by atoms with Crippen LogP contribution in [0.5, 0.6) is 0 Å². The molecule has 3 N–H and O–H groups in total. The highest BCUT2D eigenvalue weighted by Gasteiger charge is 2.21. The molecule has 1 unspecified atom stereocenters. The number of fused-ring (bicyclic) bond motifs is 1. The fraction of sp³-hybridized carbons (Fsp3) is 0.258. The molecular weight excluding hydrogens is 584 g/mol. The Morgan fingerprint density at radius 3 is 2.36 bits per heavy atom. The first-order valence-electron chi connectivity index (χ1n) is 14.0. The summed E-state index contributed by atoms with van der Waals surface area (Å²) in [5.74, 6) is -1.55. The van der Waals surface area contributed by atoms with Gasteiger partial charge in [-0.15, -0.1) is 0 Å². The average Bonchev–Trinajstić information content (AvgIpc) is 3.04. The number of hydrogen-bond acceptors (Lipinski definition) is 9. The van der Waals surface area contributed by atoms with Gasteiger partial charge in [0.2, 0.25) is 0 Å². The molecule has 0 aliphatic carbocycles. The van der Waals surface area contributed by atoms with Crippen LogP contribution in [0.4, 0.5) is 30.8 Å². The zero-order chi connectivity index (χ0) is 32.1. The lowest BCUT2D eigenvalue weighted by atomic mass is 10.0. The first-order chi connectivity index (χ1) is 21.7. The molecule has 232 valence electrons. The fourth-order valence-electron chi connectivity index (χ4n) is 4.75. The number of rotatable bonds is 8. The molecule has 45 heavy (non-hydrogen) atoms. The number of urea groups is 1. The summed E-state index contributed by atoms with van der Waals surface area (Å²) in [5.41, 5.74) is 1.93. The zero-order valence-corrected chi connectivity index (χ0v) is 24.8. The molecule has 4 aromatic rings. The van der Waals surface area contributed by atoms with Crippen molar-refractivity contribution in [1.29, 1.82) is 5.41 Å². The molecule has 3 heterocycles. The molecule has 1 saturated heterocycles. The van der Waals surface area contributed by atoms with E-state index in [9.17, 15) is 14.0 Å². The van der Waals surface area contributed by atoms with Crippen LogP contribution in [-0.4, -0.2) is 91.7 Å². The van der Waals surface area contributed by atoms with Gasteiger partial charge in [0, 0.05) is 64.0 Å². The highest BCUT2D eigenvalue weighted by molar-refractivity contribution is 6.01. The van der Waals surface area contributed by atoms with E-state index in [1.165, 1.54) is 35.4 Å². The van der Waals surface area contributed by atoms with E-state index in [1.54, 1.807) is 39.6 Å². The maximum atomic E-state index is 15.3. The third kappa shape index (κ3) is 6.91. The first kappa shape index (κ1) is 31.1. The third-order valence-corrected chi connectivity index (χ3v) is 7.07. The molecule has 2 aromatic carbocycles. The summed E-state index contributed by atoms with van der Waals surface area (Å²) >= 11 is 0. The van der Waals surface area contributed by atoms with E-state index in [1.807, 2.05) is 11.0 Å². The van der Waals surface area contributed by atoms with Crippen molar-refractivity contribution < 1.29 is 23.1 Å². The summed E-state index contributed by atoms with van der Waals surface area (Å²) in [6, 6.07) is 8.71. The minimum Gasteiger partial charge on any atom is -0.378 e. The van der Waals surface area contributed by atoms with Gasteiger partial charge < -0.3 is 30.6 Å². The maximum Gasteiger partial charge on any atom is 0.323 e. The highest BCUT2D eigenvalue weighted by atomic mass is 19.1. The summed E-state index contributed by atoms with van der Waals surface area (Å²) in [4.78, 5) is 46.1. The SMILES string of the molecule is CN=CC(C=N)c1cnc2c(N3CCOCC3)nc(-c3ccc(NC(=O)Nc4ccc(C(=O)N(C)C)cc4F)c(F)c3)nc2c1. The Morgan fingerprint density at radius 2 is 1.73 bits per heavy atom. The zero-order valence-electron chi connectivity index (χ0n) is 24.8. The lowest BCUT2D eigenvalue weighted by molar-refractivity contribution is 0.0827. The molecule has 1 fully saturated rings. The second-order valence-corrected chi connectivity index (χ2v) is 10.4. The normalized spacial score (nSPS) is 13.9. The van der Waals surface area contributed by atoms with Crippen LogP contribution in [0.15, 0.2) is 53.7 Å². The van der Waals surface area contributed by atoms with E-state index in [0.717, 1.165) is 6.07 Å². The van der Waals surface area contributed by atoms with Crippen molar-refractivity contribution in [2.45, 2.75) is 5.92 Å². The smallest absolute Gasteiger partial charge is 0.323 e. The fourth-order valence-corrected chi connectivity index (χ4v) is 4.75. The van der Waals surface area contributed by atoms with Gasteiger partial charge in [0.25, 0.3) is 5.91 Å². The molecule has 0 radical (unpaired) electrons. The van der Waals surface area contributed by atoms with Crippen molar-refractivity contribution >= 4 is 52.6 Å². The third-order valence-electron chi connectivity index (χ3n) is 7.07. The first-order valence-corrected chi connectivity index (χ1v) is 14.0. The molecule has 14 heteroatoms. The molecule has 2 aromatic heterocycles. The van der Waals surface area contributed by atoms with Crippen LogP contribution in [-0.2, 0) is 4.74 Å². The summed E-state index contributed by atoms with van der Waals surface area (Å²) < 4.78 is 35.4. The van der Waals surface area contributed by atoms with Crippen LogP contribution >= 0.6 is 0 Å². The van der Waals surface area contributed by atoms with Crippen molar-refractivity contribution in [2.24, 2.45) is 4.99 Å². The van der Waals surface area contributed by atoms with Crippen LogP contribution in [0.25, 0.3) is 22.4 Å². The van der Waals surface area contributed by atoms with Gasteiger partial charge in [-0.1, -0.05) is 0 Å². The van der Waals surface area contributed by atoms with Crippen LogP contribution in [0, 0.1) is 17.0 Å². The van der Waals surface area contributed by atoms with Gasteiger partial charge in [-0.25, -0.2) is 23.5 Å². The van der Waals surface area contributed by atoms with Crippen LogP contribution in [0.3, 0.4) is 0 Å². The number of nitrogens with zero attached hydrogens (tertiary/aromatic N) is 6. The number of carbonyl (C=O) groups excluding carboxylic acids is 2. The molecule has 1 atom stereocenters. The number of carbonyl (C=O) groups is 2. The summed E-state index contributed by atoms with van der Waals surface area (Å²) in [5, 5.41) is 12.5. The molecule has 12 nitrogen and oxygen atoms in total. The van der Waals surface area contributed by atoms with E-state index >= 15 is 4.39 Å². The van der Waals surface area contributed by atoms with E-state index < -0.39 is 29.5 Å². The number of hydrogen-bond donors (Lipinski definition) is 3. The van der Waals surface area contributed by atoms with Crippen molar-refractivity contribution in [2.75, 3.05) is 63.0 Å². The Kier molecular flexibility index (Phi) is 9.33. The molecule has 5 rings (SSSR count). The Bertz CT molecular complexity index is 1790. The highest BCUT2D eigenvalue weighted by Crippen LogP contribution is 2.30. The predicted molar refractivity (Wildman–Crippen MR) is 169 cm³/mol. The molecule has 3 amide bonds. The number of aliphatic imine (C=N–C) groups is 1. The monoisotopic (exact) mass is 615 g/mol. The Hall–Kier alpha value is -5.37. The minimum atomic E-state index is -0.876. The van der Waals surface area contributed by atoms with Crippen molar-refractivity contribution in [3.63, 3.8) is 0 Å². The van der Waals surface area contributed by atoms with Crippen LogP contribution in [0.2, 0.25) is 0 Å². The minimum absolute atomic E-state index is 0.120. The molecular formula is C31H31F2N9O3. The Morgan fingerprint density at radius 1 is 1.04 bits per heavy atom. The second kappa shape index (κ2) is 13.5. The summed E-state index contributed by atoms with van der Waals surface area (Å²) in [6.07, 6.45) is 4.56. The topological polar surface area (TPSA) is 149 Å². The number of morpholine rings is 1. The standard InChI is InChI=1S/C31H31F2N9O3/c1-35-16-21(15-34)20-14-26-27(36-17-20)29(42-8-10-45-11-9-42)40-28(37-26)18-4-6-24(22(32)12-18)38-31(44)39-25-7-5-19(13-23(25)33)30(43)41(2)3/h4-7,12-17,21,34H,8-11H2,1-3H3,(H2,38,39,44). The number of amides is 3. The van der Waals surface area contributed by atoms with E-state index in [-0.39, 0.29) is 22.8 Å². The largest absolute Gasteiger partial charge is 0.378 e. The molecule has 0 spiro atoms. The van der Waals surface area contributed by atoms with Gasteiger partial charge in [0.1, 0.15) is 17.2 Å². The van der Waals surface area contributed by atoms with E-state index in [2.05, 4.69) is 25.6 Å². The van der Waals surface area contributed by atoms with Crippen LogP contribution in [0.1, 0.15) is 21.8 Å². The Labute approximate surface area is 257 Å². The molecule has 1 aliphatic heterocycles. The van der Waals surface area contributed by atoms with Gasteiger partial charge in [0.05, 0.1) is 36.0 Å². The second-order valence-electron chi connectivity index (χ2n) is 10.4. The van der Waals surface area contributed by atoms with Gasteiger partial charge >= 0.3 is 6.03 Å². The van der Waals surface area contributed by atoms with Gasteiger partial charge in [-0.05, 0) is 48.0 Å². The quantitative estimate of drug-likeness (QED) is 0.246. The number of aromatic nitrogens is 3. The van der Waals surface area contributed by atoms with Crippen molar-refractivity contribution in [3.05, 3.63) is 71.4 Å². The lowest BCUT2D eigenvalue weighted by Gasteiger charge is -2.28. The van der Waals surface area contributed by atoms with Gasteiger partial charge in [-0.2, -0.15) is 0 Å². The van der Waals surface area contributed by atoms with E-state index in [0.29, 0.717) is 54.3 Å². The molecule has 1 aliphatic rings. The number of ether oxygens (including phenoxy) is 1. The van der Waals surface area contributed by atoms with Crippen molar-refractivity contribution in [3.8, 4) is 11.4 Å². The lowest BCUT2D eigenvalue weighted by Crippen LogP contribution is -2.37. The number of pyridine rings is 1. The molecule has 0 saturated carbocycles. The molecule has 0 bridgehead atoms. The number of anilines is 3. The predicted octanol–water partition coefficient (Wildman–Crippen LogP) is 4.59. The van der Waals surface area contributed by atoms with Crippen LogP contribution < -0.4 is 15.5 Å². The van der Waals surface area contributed by atoms with Crippen molar-refractivity contribution in [1.82, 2.24) is 19.9 Å². The number of benzene rings is 2. The summed E-state index contributed by atoms with van der Waals surface area (Å²) in [6.45, 7) is 2.20. The average molecular weight is 616 g/mol. The van der Waals surface area contributed by atoms with Gasteiger partial charge in [-0.3, -0.25) is 14.8 Å². The summed E-state index contributed by atoms with van der Waals surface area (Å²) in [7, 11) is 4.71. The van der Waals surface area contributed by atoms with E-state index in [4.69, 9.17) is 15.1 Å². The number of nitrogens with one attached hydrogen (secondary N) is 3. The maximum absolute atomic E-state index is 15.3. The number of halogens is 2. The Balaban J connectivity index is 1.42.